The lowest BCUT2D eigenvalue weighted by Crippen LogP contribution is -2.19. The van der Waals surface area contributed by atoms with Crippen LogP contribution in [0.1, 0.15) is 5.56 Å². The summed E-state index contributed by atoms with van der Waals surface area (Å²) in [6.45, 7) is 0.343. The van der Waals surface area contributed by atoms with Crippen LogP contribution in [0.25, 0.3) is 5.69 Å². The van der Waals surface area contributed by atoms with Crippen LogP contribution in [0.15, 0.2) is 65.8 Å². The van der Waals surface area contributed by atoms with Gasteiger partial charge in [-0.25, -0.2) is 9.07 Å². The van der Waals surface area contributed by atoms with E-state index >= 15 is 0 Å². The number of benzene rings is 1. The third kappa shape index (κ3) is 2.51. The molecule has 1 aromatic carbocycles. The molecule has 0 saturated carbocycles. The van der Waals surface area contributed by atoms with Crippen molar-refractivity contribution in [3.8, 4) is 5.69 Å². The largest absolute Gasteiger partial charge is 0.308 e. The summed E-state index contributed by atoms with van der Waals surface area (Å²) in [6.07, 6.45) is 4.77. The fraction of sp³-hybridized carbons (Fsp3) is 0.0667. The molecular formula is C15H12FN3O. The Morgan fingerprint density at radius 3 is 2.60 bits per heavy atom. The Kier molecular flexibility index (Phi) is 3.16. The molecule has 2 aromatic heterocycles. The lowest BCUT2D eigenvalue weighted by Gasteiger charge is -2.07. The van der Waals surface area contributed by atoms with Gasteiger partial charge in [-0.05, 0) is 29.8 Å². The Bertz CT molecular complexity index is 761. The van der Waals surface area contributed by atoms with Crippen molar-refractivity contribution < 1.29 is 4.39 Å². The number of pyridine rings is 1. The average Bonchev–Trinajstić information content (AvgIpc) is 2.98. The fourth-order valence-electron chi connectivity index (χ4n) is 2.00. The number of nitrogens with zero attached hydrogens (tertiary/aromatic N) is 3. The molecule has 0 atom stereocenters. The first kappa shape index (κ1) is 12.3. The van der Waals surface area contributed by atoms with Crippen LogP contribution in [-0.4, -0.2) is 14.3 Å². The highest BCUT2D eigenvalue weighted by atomic mass is 19.1. The number of rotatable bonds is 3. The maximum Gasteiger partial charge on any atom is 0.251 e. The van der Waals surface area contributed by atoms with Gasteiger partial charge in [-0.2, -0.15) is 5.10 Å². The second-order valence-electron chi connectivity index (χ2n) is 4.43. The molecule has 0 N–H and O–H groups in total. The van der Waals surface area contributed by atoms with Crippen LogP contribution in [0.3, 0.4) is 0 Å². The van der Waals surface area contributed by atoms with Gasteiger partial charge in [0.2, 0.25) is 0 Å². The third-order valence-corrected chi connectivity index (χ3v) is 3.01. The molecule has 0 amide bonds. The maximum absolute atomic E-state index is 13.1. The van der Waals surface area contributed by atoms with Crippen molar-refractivity contribution >= 4 is 0 Å². The first-order valence-electron chi connectivity index (χ1n) is 6.17. The van der Waals surface area contributed by atoms with Gasteiger partial charge >= 0.3 is 0 Å². The highest BCUT2D eigenvalue weighted by Gasteiger charge is 2.01. The van der Waals surface area contributed by atoms with Crippen molar-refractivity contribution in [3.63, 3.8) is 0 Å². The molecule has 2 heterocycles. The molecule has 4 nitrogen and oxygen atoms in total. The van der Waals surface area contributed by atoms with E-state index in [0.29, 0.717) is 6.54 Å². The minimum absolute atomic E-state index is 0.220. The van der Waals surface area contributed by atoms with Crippen molar-refractivity contribution in [2.45, 2.75) is 6.54 Å². The van der Waals surface area contributed by atoms with Gasteiger partial charge in [-0.1, -0.05) is 12.1 Å². The molecule has 0 bridgehead atoms. The lowest BCUT2D eigenvalue weighted by atomic mass is 10.2. The Morgan fingerprint density at radius 2 is 1.90 bits per heavy atom. The average molecular weight is 269 g/mol. The van der Waals surface area contributed by atoms with E-state index in [1.807, 2.05) is 36.5 Å². The van der Waals surface area contributed by atoms with E-state index in [4.69, 9.17) is 0 Å². The molecule has 0 aliphatic rings. The van der Waals surface area contributed by atoms with E-state index < -0.39 is 5.82 Å². The zero-order valence-corrected chi connectivity index (χ0v) is 10.6. The van der Waals surface area contributed by atoms with E-state index in [2.05, 4.69) is 5.10 Å². The summed E-state index contributed by atoms with van der Waals surface area (Å²) < 4.78 is 16.2. The quantitative estimate of drug-likeness (QED) is 0.731. The highest BCUT2D eigenvalue weighted by Crippen LogP contribution is 2.09. The molecule has 0 saturated heterocycles. The second-order valence-corrected chi connectivity index (χ2v) is 4.43. The molecule has 100 valence electrons. The van der Waals surface area contributed by atoms with Crippen molar-refractivity contribution in [2.24, 2.45) is 0 Å². The van der Waals surface area contributed by atoms with Gasteiger partial charge in [0.1, 0.15) is 5.82 Å². The van der Waals surface area contributed by atoms with Gasteiger partial charge < -0.3 is 4.57 Å². The fourth-order valence-corrected chi connectivity index (χ4v) is 2.00. The van der Waals surface area contributed by atoms with Gasteiger partial charge in [0.15, 0.2) is 0 Å². The molecule has 0 aliphatic carbocycles. The topological polar surface area (TPSA) is 39.8 Å². The van der Waals surface area contributed by atoms with Crippen LogP contribution in [0, 0.1) is 5.82 Å². The van der Waals surface area contributed by atoms with Crippen LogP contribution in [0.2, 0.25) is 0 Å². The molecule has 0 spiro atoms. The molecule has 20 heavy (non-hydrogen) atoms. The number of hydrogen-bond donors (Lipinski definition) is 0. The monoisotopic (exact) mass is 269 g/mol. The van der Waals surface area contributed by atoms with Crippen LogP contribution in [0.5, 0.6) is 0 Å². The minimum Gasteiger partial charge on any atom is -0.308 e. The van der Waals surface area contributed by atoms with Gasteiger partial charge in [-0.15, -0.1) is 0 Å². The Balaban J connectivity index is 1.85. The SMILES string of the molecule is O=c1ccc(F)cn1Cc1ccc(-n2cccn2)cc1. The molecule has 3 aromatic rings. The lowest BCUT2D eigenvalue weighted by molar-refractivity contribution is 0.595. The zero-order valence-electron chi connectivity index (χ0n) is 10.6. The van der Waals surface area contributed by atoms with Crippen molar-refractivity contribution in [3.05, 3.63) is 82.8 Å². The van der Waals surface area contributed by atoms with Gasteiger partial charge in [0, 0.05) is 24.7 Å². The summed E-state index contributed by atoms with van der Waals surface area (Å²) >= 11 is 0. The maximum atomic E-state index is 13.1. The molecule has 5 heteroatoms. The summed E-state index contributed by atoms with van der Waals surface area (Å²) in [5.41, 5.74) is 1.64. The van der Waals surface area contributed by atoms with E-state index in [9.17, 15) is 9.18 Å². The first-order chi connectivity index (χ1) is 9.72. The third-order valence-electron chi connectivity index (χ3n) is 3.01. The van der Waals surface area contributed by atoms with Crippen LogP contribution < -0.4 is 5.56 Å². The van der Waals surface area contributed by atoms with Crippen LogP contribution in [0.4, 0.5) is 4.39 Å². The van der Waals surface area contributed by atoms with Crippen LogP contribution >= 0.6 is 0 Å². The zero-order chi connectivity index (χ0) is 13.9. The van der Waals surface area contributed by atoms with Gasteiger partial charge in [-0.3, -0.25) is 4.79 Å². The van der Waals surface area contributed by atoms with E-state index in [0.717, 1.165) is 11.3 Å². The number of halogens is 1. The minimum atomic E-state index is -0.419. The standard InChI is InChI=1S/C15H12FN3O/c16-13-4-7-15(20)18(11-13)10-12-2-5-14(6-3-12)19-9-1-8-17-19/h1-9,11H,10H2. The van der Waals surface area contributed by atoms with E-state index in [1.165, 1.54) is 22.9 Å². The highest BCUT2D eigenvalue weighted by molar-refractivity contribution is 5.33. The summed E-state index contributed by atoms with van der Waals surface area (Å²) in [4.78, 5) is 11.6. The summed E-state index contributed by atoms with van der Waals surface area (Å²) in [5, 5.41) is 4.14. The summed E-state index contributed by atoms with van der Waals surface area (Å²) in [6, 6.07) is 11.9. The van der Waals surface area contributed by atoms with E-state index in [-0.39, 0.29) is 5.56 Å². The molecule has 0 aliphatic heterocycles. The Morgan fingerprint density at radius 1 is 1.10 bits per heavy atom. The number of aromatic nitrogens is 3. The first-order valence-corrected chi connectivity index (χ1v) is 6.17. The van der Waals surface area contributed by atoms with Crippen LogP contribution in [-0.2, 0) is 6.54 Å². The van der Waals surface area contributed by atoms with Gasteiger partial charge in [0.25, 0.3) is 5.56 Å². The van der Waals surface area contributed by atoms with Crippen molar-refractivity contribution in [2.75, 3.05) is 0 Å². The molecule has 3 rings (SSSR count). The smallest absolute Gasteiger partial charge is 0.251 e. The predicted octanol–water partition coefficient (Wildman–Crippen LogP) is 2.22. The summed E-state index contributed by atoms with van der Waals surface area (Å²) in [5.74, 6) is -0.419. The Labute approximate surface area is 114 Å². The van der Waals surface area contributed by atoms with Crippen molar-refractivity contribution in [1.29, 1.82) is 0 Å². The molecular weight excluding hydrogens is 257 g/mol. The van der Waals surface area contributed by atoms with Crippen molar-refractivity contribution in [1.82, 2.24) is 14.3 Å². The molecule has 0 unspecified atom stereocenters. The molecule has 0 fully saturated rings. The second kappa shape index (κ2) is 5.13. The van der Waals surface area contributed by atoms with E-state index in [1.54, 1.807) is 10.9 Å². The Hall–Kier alpha value is -2.69. The predicted molar refractivity (Wildman–Crippen MR) is 73.3 cm³/mol. The normalized spacial score (nSPS) is 10.7. The summed E-state index contributed by atoms with van der Waals surface area (Å²) in [7, 11) is 0. The molecule has 0 radical (unpaired) electrons. The number of hydrogen-bond acceptors (Lipinski definition) is 2. The van der Waals surface area contributed by atoms with Gasteiger partial charge in [0.05, 0.1) is 12.2 Å².